The zero-order chi connectivity index (χ0) is 14.5. The van der Waals surface area contributed by atoms with E-state index < -0.39 is 0 Å². The maximum absolute atomic E-state index is 6.23. The maximum atomic E-state index is 6.23. The first-order valence-electron chi connectivity index (χ1n) is 7.38. The Hall–Kier alpha value is -0.930. The minimum absolute atomic E-state index is 0.0619. The van der Waals surface area contributed by atoms with Gasteiger partial charge in [0.05, 0.1) is 13.2 Å². The molecule has 0 bridgehead atoms. The van der Waals surface area contributed by atoms with Crippen molar-refractivity contribution < 1.29 is 9.47 Å². The monoisotopic (exact) mass is 297 g/mol. The van der Waals surface area contributed by atoms with Gasteiger partial charge in [-0.3, -0.25) is 0 Å². The summed E-state index contributed by atoms with van der Waals surface area (Å²) in [5, 5.41) is 0.661. The molecule has 1 aliphatic rings. The van der Waals surface area contributed by atoms with Gasteiger partial charge in [0.15, 0.2) is 11.5 Å². The summed E-state index contributed by atoms with van der Waals surface area (Å²) in [4.78, 5) is 0. The molecule has 1 aliphatic carbocycles. The number of nitrogens with two attached hydrogens (primary N) is 1. The molecule has 1 aromatic rings. The Balaban J connectivity index is 2.26. The normalized spacial score (nSPS) is 17.8. The van der Waals surface area contributed by atoms with E-state index >= 15 is 0 Å². The van der Waals surface area contributed by atoms with Gasteiger partial charge in [0.25, 0.3) is 0 Å². The number of methoxy groups -OCH3 is 1. The predicted molar refractivity (Wildman–Crippen MR) is 82.9 cm³/mol. The van der Waals surface area contributed by atoms with E-state index in [1.165, 1.54) is 19.3 Å². The Bertz CT molecular complexity index is 442. The van der Waals surface area contributed by atoms with Crippen LogP contribution in [0.4, 0.5) is 0 Å². The molecule has 0 aromatic heterocycles. The third-order valence-corrected chi connectivity index (χ3v) is 3.91. The van der Waals surface area contributed by atoms with Crippen molar-refractivity contribution in [2.75, 3.05) is 7.11 Å². The van der Waals surface area contributed by atoms with Crippen LogP contribution in [0.15, 0.2) is 12.1 Å². The van der Waals surface area contributed by atoms with Crippen molar-refractivity contribution in [3.05, 3.63) is 22.7 Å². The van der Waals surface area contributed by atoms with E-state index in [9.17, 15) is 0 Å². The van der Waals surface area contributed by atoms with Gasteiger partial charge >= 0.3 is 0 Å². The summed E-state index contributed by atoms with van der Waals surface area (Å²) < 4.78 is 11.7. The third kappa shape index (κ3) is 4.03. The van der Waals surface area contributed by atoms with Crippen LogP contribution in [-0.2, 0) is 6.42 Å². The molecule has 0 heterocycles. The van der Waals surface area contributed by atoms with Crippen molar-refractivity contribution >= 4 is 11.6 Å². The van der Waals surface area contributed by atoms with E-state index in [0.717, 1.165) is 30.6 Å². The quantitative estimate of drug-likeness (QED) is 0.895. The Labute approximate surface area is 126 Å². The lowest BCUT2D eigenvalue weighted by atomic mass is 9.97. The van der Waals surface area contributed by atoms with Crippen LogP contribution in [0.5, 0.6) is 11.5 Å². The molecule has 2 rings (SSSR count). The summed E-state index contributed by atoms with van der Waals surface area (Å²) >= 11 is 6.15. The molecular formula is C16H24ClNO2. The van der Waals surface area contributed by atoms with Gasteiger partial charge in [-0.2, -0.15) is 0 Å². The van der Waals surface area contributed by atoms with Gasteiger partial charge in [0.2, 0.25) is 0 Å². The minimum Gasteiger partial charge on any atom is -0.493 e. The van der Waals surface area contributed by atoms with Gasteiger partial charge in [-0.1, -0.05) is 18.0 Å². The molecule has 3 nitrogen and oxygen atoms in total. The van der Waals surface area contributed by atoms with Gasteiger partial charge in [0.1, 0.15) is 0 Å². The number of halogens is 1. The molecule has 0 spiro atoms. The molecule has 0 aliphatic heterocycles. The molecule has 20 heavy (non-hydrogen) atoms. The highest BCUT2D eigenvalue weighted by Gasteiger charge is 2.20. The van der Waals surface area contributed by atoms with Crippen LogP contribution in [0.2, 0.25) is 5.02 Å². The number of rotatable bonds is 5. The van der Waals surface area contributed by atoms with Crippen molar-refractivity contribution in [3.8, 4) is 11.5 Å². The van der Waals surface area contributed by atoms with E-state index in [1.807, 2.05) is 19.1 Å². The number of hydrogen-bond acceptors (Lipinski definition) is 3. The standard InChI is InChI=1S/C16H24ClNO2/c1-11(18)8-12-9-13(17)10-15(19-2)16(12)20-14-6-4-3-5-7-14/h9-11,14H,3-8,18H2,1-2H3. The van der Waals surface area contributed by atoms with Gasteiger partial charge in [-0.05, 0) is 45.1 Å². The smallest absolute Gasteiger partial charge is 0.164 e. The molecule has 1 saturated carbocycles. The lowest BCUT2D eigenvalue weighted by Gasteiger charge is -2.26. The lowest BCUT2D eigenvalue weighted by molar-refractivity contribution is 0.148. The average molecular weight is 298 g/mol. The highest BCUT2D eigenvalue weighted by atomic mass is 35.5. The van der Waals surface area contributed by atoms with Crippen LogP contribution < -0.4 is 15.2 Å². The average Bonchev–Trinajstić information content (AvgIpc) is 2.42. The highest BCUT2D eigenvalue weighted by molar-refractivity contribution is 6.30. The van der Waals surface area contributed by atoms with Crippen LogP contribution in [0.3, 0.4) is 0 Å². The molecule has 1 atom stereocenters. The second kappa shape index (κ2) is 7.19. The van der Waals surface area contributed by atoms with E-state index in [4.69, 9.17) is 26.8 Å². The van der Waals surface area contributed by atoms with Crippen LogP contribution in [0.1, 0.15) is 44.6 Å². The summed E-state index contributed by atoms with van der Waals surface area (Å²) in [6, 6.07) is 3.81. The molecular weight excluding hydrogens is 274 g/mol. The number of ether oxygens (including phenoxy) is 2. The maximum Gasteiger partial charge on any atom is 0.164 e. The largest absolute Gasteiger partial charge is 0.493 e. The van der Waals surface area contributed by atoms with Crippen LogP contribution >= 0.6 is 11.6 Å². The fraction of sp³-hybridized carbons (Fsp3) is 0.625. The summed E-state index contributed by atoms with van der Waals surface area (Å²) in [6.45, 7) is 1.98. The SMILES string of the molecule is COc1cc(Cl)cc(CC(C)N)c1OC1CCCCC1. The fourth-order valence-corrected chi connectivity index (χ4v) is 2.99. The fourth-order valence-electron chi connectivity index (χ4n) is 2.76. The number of benzene rings is 1. The van der Waals surface area contributed by atoms with Crippen LogP contribution in [-0.4, -0.2) is 19.3 Å². The van der Waals surface area contributed by atoms with Gasteiger partial charge in [0, 0.05) is 22.7 Å². The van der Waals surface area contributed by atoms with E-state index in [0.29, 0.717) is 10.8 Å². The first-order chi connectivity index (χ1) is 9.60. The van der Waals surface area contributed by atoms with Crippen molar-refractivity contribution in [1.82, 2.24) is 0 Å². The summed E-state index contributed by atoms with van der Waals surface area (Å²) in [7, 11) is 1.65. The zero-order valence-corrected chi connectivity index (χ0v) is 13.1. The Morgan fingerprint density at radius 1 is 1.30 bits per heavy atom. The van der Waals surface area contributed by atoms with E-state index in [1.54, 1.807) is 7.11 Å². The topological polar surface area (TPSA) is 44.5 Å². The zero-order valence-electron chi connectivity index (χ0n) is 12.3. The first-order valence-corrected chi connectivity index (χ1v) is 7.76. The molecule has 2 N–H and O–H groups in total. The summed E-state index contributed by atoms with van der Waals surface area (Å²) in [6.07, 6.45) is 7.04. The predicted octanol–water partition coefficient (Wildman–Crippen LogP) is 3.95. The Morgan fingerprint density at radius 3 is 2.60 bits per heavy atom. The molecule has 0 radical (unpaired) electrons. The summed E-state index contributed by atoms with van der Waals surface area (Å²) in [5.41, 5.74) is 6.97. The first kappa shape index (κ1) is 15.5. The summed E-state index contributed by atoms with van der Waals surface area (Å²) in [5.74, 6) is 1.53. The van der Waals surface area contributed by atoms with Crippen molar-refractivity contribution in [3.63, 3.8) is 0 Å². The lowest BCUT2D eigenvalue weighted by Crippen LogP contribution is -2.22. The van der Waals surface area contributed by atoms with Crippen LogP contribution in [0.25, 0.3) is 0 Å². The molecule has 0 amide bonds. The van der Waals surface area contributed by atoms with Gasteiger partial charge in [-0.25, -0.2) is 0 Å². The van der Waals surface area contributed by atoms with E-state index in [2.05, 4.69) is 0 Å². The highest BCUT2D eigenvalue weighted by Crippen LogP contribution is 2.37. The second-order valence-corrected chi connectivity index (χ2v) is 6.09. The Kier molecular flexibility index (Phi) is 5.55. The molecule has 4 heteroatoms. The van der Waals surface area contributed by atoms with Crippen molar-refractivity contribution in [2.24, 2.45) is 5.73 Å². The number of hydrogen-bond donors (Lipinski definition) is 1. The van der Waals surface area contributed by atoms with E-state index in [-0.39, 0.29) is 12.1 Å². The van der Waals surface area contributed by atoms with Crippen molar-refractivity contribution in [2.45, 2.75) is 57.6 Å². The minimum atomic E-state index is 0.0619. The van der Waals surface area contributed by atoms with Gasteiger partial charge in [-0.15, -0.1) is 0 Å². The van der Waals surface area contributed by atoms with Gasteiger partial charge < -0.3 is 15.2 Å². The molecule has 0 saturated heterocycles. The molecule has 1 fully saturated rings. The molecule has 1 unspecified atom stereocenters. The molecule has 1 aromatic carbocycles. The molecule has 112 valence electrons. The van der Waals surface area contributed by atoms with Crippen molar-refractivity contribution in [1.29, 1.82) is 0 Å². The Morgan fingerprint density at radius 2 is 2.00 bits per heavy atom. The third-order valence-electron chi connectivity index (χ3n) is 3.70. The second-order valence-electron chi connectivity index (χ2n) is 5.66. The van der Waals surface area contributed by atoms with Crippen LogP contribution in [0, 0.1) is 0 Å².